The second-order valence-electron chi connectivity index (χ2n) is 31.6. The zero-order valence-corrected chi connectivity index (χ0v) is 67.0. The first kappa shape index (κ1) is 84.2. The minimum atomic E-state index is -0.418. The molecule has 0 saturated carbocycles. The molecule has 0 aromatic heterocycles. The summed E-state index contributed by atoms with van der Waals surface area (Å²) >= 11 is 0. The van der Waals surface area contributed by atoms with Gasteiger partial charge in [0.15, 0.2) is 0 Å². The topological polar surface area (TPSA) is 118 Å². The number of fused-ring (bicyclic) bond motifs is 8. The standard InChI is InChI=1S/C100H136O8/c1-5-9-13-17-21-25-29-33-49-61-81-85-65-86(94(102)69-93(85)101)82(62-50-34-30-26-22-18-14-10-6-2)91-68-92(100(108-76-80-59-47-40-48-60-80)72-99(91)107-75-79-57-45-39-46-58-79)84(64-52-36-32-28-24-20-16-12-8-4)88-66-87(95(103)70-96(88)104)83(63-51-35-31-27-23-19-15-11-7-3)90-67-89(81)97(105-73-77-53-41-37-42-54-77)71-98(90)106-74-78-55-43-38-44-56-78/h37-48,53-60,65-72,81-84,101-104H,5-36,49-52,61-64,73-76H2,1-4H3/t81-,82+,83+,84-. The average Bonchev–Trinajstić information content (AvgIpc) is 0.752. The van der Waals surface area contributed by atoms with Crippen LogP contribution in [0.5, 0.6) is 46.0 Å². The molecule has 584 valence electrons. The maximum atomic E-state index is 13.1. The van der Waals surface area contributed by atoms with E-state index in [0.29, 0.717) is 75.1 Å². The third-order valence-electron chi connectivity index (χ3n) is 23.0. The number of unbranched alkanes of at least 4 members (excludes halogenated alkanes) is 32. The summed E-state index contributed by atoms with van der Waals surface area (Å²) in [5.74, 6) is 1.16. The zero-order valence-electron chi connectivity index (χ0n) is 67.0. The van der Waals surface area contributed by atoms with E-state index in [4.69, 9.17) is 18.9 Å². The maximum Gasteiger partial charge on any atom is 0.127 e. The highest BCUT2D eigenvalue weighted by atomic mass is 16.5. The van der Waals surface area contributed by atoms with Gasteiger partial charge in [-0.15, -0.1) is 0 Å². The Morgan fingerprint density at radius 1 is 0.204 bits per heavy atom. The van der Waals surface area contributed by atoms with Crippen LogP contribution in [-0.4, -0.2) is 20.4 Å². The predicted molar refractivity (Wildman–Crippen MR) is 450 cm³/mol. The lowest BCUT2D eigenvalue weighted by Gasteiger charge is -2.31. The highest BCUT2D eigenvalue weighted by Crippen LogP contribution is 2.54. The van der Waals surface area contributed by atoms with E-state index in [1.807, 2.05) is 24.3 Å². The van der Waals surface area contributed by atoms with E-state index >= 15 is 0 Å². The number of ether oxygens (including phenoxy) is 4. The molecular formula is C100H136O8. The van der Waals surface area contributed by atoms with E-state index in [2.05, 4.69) is 161 Å². The quantitative estimate of drug-likeness (QED) is 0.0279. The highest BCUT2D eigenvalue weighted by molar-refractivity contribution is 5.63. The van der Waals surface area contributed by atoms with Gasteiger partial charge in [0.25, 0.3) is 0 Å². The van der Waals surface area contributed by atoms with Crippen molar-refractivity contribution in [2.75, 3.05) is 0 Å². The van der Waals surface area contributed by atoms with Crippen LogP contribution in [0.1, 0.15) is 375 Å². The Kier molecular flexibility index (Phi) is 37.9. The van der Waals surface area contributed by atoms with Gasteiger partial charge in [-0.05, 0) is 72.2 Å². The van der Waals surface area contributed by atoms with E-state index in [9.17, 15) is 20.4 Å². The number of hydrogen-bond acceptors (Lipinski definition) is 8. The summed E-state index contributed by atoms with van der Waals surface area (Å²) in [7, 11) is 0. The van der Waals surface area contributed by atoms with Gasteiger partial charge in [-0.3, -0.25) is 0 Å². The first-order valence-electron chi connectivity index (χ1n) is 43.3. The first-order valence-corrected chi connectivity index (χ1v) is 43.3. The summed E-state index contributed by atoms with van der Waals surface area (Å²) in [6.45, 7) is 10.3. The minimum absolute atomic E-state index is 0.0408. The summed E-state index contributed by atoms with van der Waals surface area (Å²) < 4.78 is 29.3. The van der Waals surface area contributed by atoms with Crippen molar-refractivity contribution in [2.24, 2.45) is 0 Å². The third kappa shape index (κ3) is 27.3. The highest BCUT2D eigenvalue weighted by Gasteiger charge is 2.35. The molecular weight excluding hydrogens is 1330 g/mol. The molecule has 1 aliphatic rings. The van der Waals surface area contributed by atoms with Crippen LogP contribution < -0.4 is 18.9 Å². The summed E-state index contributed by atoms with van der Waals surface area (Å²) in [5, 5.41) is 52.5. The van der Waals surface area contributed by atoms with Crippen molar-refractivity contribution in [3.05, 3.63) is 237 Å². The van der Waals surface area contributed by atoms with Gasteiger partial charge in [0.1, 0.15) is 72.4 Å². The molecule has 108 heavy (non-hydrogen) atoms. The summed E-state index contributed by atoms with van der Waals surface area (Å²) in [4.78, 5) is 0. The third-order valence-corrected chi connectivity index (χ3v) is 23.0. The van der Waals surface area contributed by atoms with Crippen LogP contribution in [-0.2, 0) is 26.4 Å². The smallest absolute Gasteiger partial charge is 0.127 e. The Morgan fingerprint density at radius 3 is 0.574 bits per heavy atom. The van der Waals surface area contributed by atoms with Gasteiger partial charge in [-0.2, -0.15) is 0 Å². The van der Waals surface area contributed by atoms with Gasteiger partial charge in [-0.25, -0.2) is 0 Å². The fourth-order valence-electron chi connectivity index (χ4n) is 16.6. The van der Waals surface area contributed by atoms with E-state index in [0.717, 1.165) is 144 Å². The molecule has 8 aromatic carbocycles. The summed E-state index contributed by atoms with van der Waals surface area (Å²) in [5.41, 5.74) is 10.8. The molecule has 4 N–H and O–H groups in total. The number of phenols is 4. The molecule has 0 unspecified atom stereocenters. The van der Waals surface area contributed by atoms with Crippen LogP contribution in [0.3, 0.4) is 0 Å². The van der Waals surface area contributed by atoms with E-state index in [1.165, 1.54) is 154 Å². The van der Waals surface area contributed by atoms with E-state index < -0.39 is 23.7 Å². The summed E-state index contributed by atoms with van der Waals surface area (Å²) in [6.07, 6.45) is 44.7. The van der Waals surface area contributed by atoms with Crippen LogP contribution in [0, 0.1) is 0 Å². The van der Waals surface area contributed by atoms with Gasteiger partial charge >= 0.3 is 0 Å². The van der Waals surface area contributed by atoms with Crippen molar-refractivity contribution in [1.29, 1.82) is 0 Å². The second-order valence-corrected chi connectivity index (χ2v) is 31.6. The molecule has 0 amide bonds. The lowest BCUT2D eigenvalue weighted by molar-refractivity contribution is 0.283. The molecule has 0 aliphatic heterocycles. The fourth-order valence-corrected chi connectivity index (χ4v) is 16.6. The molecule has 8 bridgehead atoms. The molecule has 0 saturated heterocycles. The van der Waals surface area contributed by atoms with Crippen molar-refractivity contribution in [3.63, 3.8) is 0 Å². The lowest BCUT2D eigenvalue weighted by atomic mass is 9.76. The predicted octanol–water partition coefficient (Wildman–Crippen LogP) is 29.3. The summed E-state index contributed by atoms with van der Waals surface area (Å²) in [6, 6.07) is 58.0. The van der Waals surface area contributed by atoms with E-state index in [1.54, 1.807) is 12.1 Å². The molecule has 0 spiro atoms. The SMILES string of the molecule is CCCCCCCCCCC[C@@H]1c2cc(c(O)cc2O)[C@H](CCCCCCCCCCC)c2cc(c(OCc3ccccc3)cc2OCc2ccccc2)[C@H](CCCCCCCCCCC)c2cc(c(O)cc2O)[C@H](CCCCCCCCCCC)c2cc1c(OCc1ccccc1)cc2OCc1ccccc1. The van der Waals surface area contributed by atoms with Crippen molar-refractivity contribution < 1.29 is 39.4 Å². The molecule has 0 radical (unpaired) electrons. The van der Waals surface area contributed by atoms with Gasteiger partial charge in [0, 0.05) is 92.4 Å². The molecule has 8 aromatic rings. The Hall–Kier alpha value is -7.84. The van der Waals surface area contributed by atoms with Crippen LogP contribution in [0.4, 0.5) is 0 Å². The fraction of sp³-hybridized carbons (Fsp3) is 0.520. The van der Waals surface area contributed by atoms with Crippen LogP contribution >= 0.6 is 0 Å². The number of hydrogen-bond donors (Lipinski definition) is 4. The van der Waals surface area contributed by atoms with Crippen LogP contribution in [0.15, 0.2) is 170 Å². The largest absolute Gasteiger partial charge is 0.508 e. The Morgan fingerprint density at radius 2 is 0.380 bits per heavy atom. The molecule has 0 heterocycles. The van der Waals surface area contributed by atoms with E-state index in [-0.39, 0.29) is 23.0 Å². The number of benzene rings is 8. The van der Waals surface area contributed by atoms with Gasteiger partial charge in [-0.1, -0.05) is 380 Å². The van der Waals surface area contributed by atoms with Gasteiger partial charge in [0.2, 0.25) is 0 Å². The monoisotopic (exact) mass is 1470 g/mol. The lowest BCUT2D eigenvalue weighted by Crippen LogP contribution is -2.14. The minimum Gasteiger partial charge on any atom is -0.508 e. The molecule has 0 fully saturated rings. The first-order chi connectivity index (χ1) is 53.2. The van der Waals surface area contributed by atoms with Gasteiger partial charge < -0.3 is 39.4 Å². The number of phenolic OH excluding ortho intramolecular Hbond substituents is 4. The number of rotatable bonds is 52. The zero-order chi connectivity index (χ0) is 75.6. The van der Waals surface area contributed by atoms with Crippen LogP contribution in [0.25, 0.3) is 0 Å². The van der Waals surface area contributed by atoms with Crippen molar-refractivity contribution in [1.82, 2.24) is 0 Å². The normalized spacial score (nSPS) is 14.8. The molecule has 8 heteroatoms. The average molecular weight is 1470 g/mol. The molecule has 4 atom stereocenters. The Labute approximate surface area is 652 Å². The van der Waals surface area contributed by atoms with Crippen molar-refractivity contribution in [3.8, 4) is 46.0 Å². The van der Waals surface area contributed by atoms with Crippen molar-refractivity contribution in [2.45, 2.75) is 335 Å². The molecule has 9 rings (SSSR count). The van der Waals surface area contributed by atoms with Crippen molar-refractivity contribution >= 4 is 0 Å². The Bertz CT molecular complexity index is 3280. The molecule has 1 aliphatic carbocycles. The second kappa shape index (κ2) is 48.6. The molecule has 8 nitrogen and oxygen atoms in total. The number of aromatic hydroxyl groups is 4. The van der Waals surface area contributed by atoms with Gasteiger partial charge in [0.05, 0.1) is 0 Å². The van der Waals surface area contributed by atoms with Crippen LogP contribution in [0.2, 0.25) is 0 Å². The maximum absolute atomic E-state index is 13.1. The Balaban J connectivity index is 1.33.